The van der Waals surface area contributed by atoms with Crippen molar-refractivity contribution in [2.75, 3.05) is 13.1 Å². The summed E-state index contributed by atoms with van der Waals surface area (Å²) in [5, 5.41) is 2.92. The molecule has 0 unspecified atom stereocenters. The Morgan fingerprint density at radius 2 is 1.54 bits per heavy atom. The second kappa shape index (κ2) is 6.15. The van der Waals surface area contributed by atoms with Crippen molar-refractivity contribution >= 4 is 23.8 Å². The molecule has 0 radical (unpaired) electrons. The first kappa shape index (κ1) is 18.7. The zero-order valence-corrected chi connectivity index (χ0v) is 16.4. The molecule has 1 aromatic carbocycles. The van der Waals surface area contributed by atoms with Gasteiger partial charge < -0.3 is 5.32 Å². The van der Waals surface area contributed by atoms with Crippen LogP contribution >= 0.6 is 0 Å². The Morgan fingerprint density at radius 3 is 2.11 bits per heavy atom. The molecule has 7 nitrogen and oxygen atoms in total. The SMILES string of the molecule is C[C@@H]1CC(C)(C)C[C@@]2(C1)NC(=O)N(CCN1C(=O)c3ccccc3C1=O)C2=O. The third-order valence-corrected chi connectivity index (χ3v) is 6.05. The van der Waals surface area contributed by atoms with Gasteiger partial charge in [0.2, 0.25) is 0 Å². The Morgan fingerprint density at radius 1 is 0.964 bits per heavy atom. The number of amides is 5. The second-order valence-corrected chi connectivity index (χ2v) is 9.13. The first-order valence-electron chi connectivity index (χ1n) is 9.73. The van der Waals surface area contributed by atoms with Crippen molar-refractivity contribution in [3.05, 3.63) is 35.4 Å². The lowest BCUT2D eigenvalue weighted by Crippen LogP contribution is -2.54. The quantitative estimate of drug-likeness (QED) is 0.641. The zero-order valence-electron chi connectivity index (χ0n) is 16.4. The monoisotopic (exact) mass is 383 g/mol. The van der Waals surface area contributed by atoms with Gasteiger partial charge in [-0.1, -0.05) is 32.9 Å². The average Bonchev–Trinajstić information content (AvgIpc) is 2.96. The normalized spacial score (nSPS) is 28.9. The van der Waals surface area contributed by atoms with Crippen molar-refractivity contribution in [2.24, 2.45) is 11.3 Å². The van der Waals surface area contributed by atoms with Crippen molar-refractivity contribution in [3.63, 3.8) is 0 Å². The Hall–Kier alpha value is -2.70. The van der Waals surface area contributed by atoms with E-state index in [1.807, 2.05) is 0 Å². The summed E-state index contributed by atoms with van der Waals surface area (Å²) in [4.78, 5) is 53.0. The van der Waals surface area contributed by atoms with Crippen LogP contribution in [0.2, 0.25) is 0 Å². The molecule has 28 heavy (non-hydrogen) atoms. The van der Waals surface area contributed by atoms with E-state index in [-0.39, 0.29) is 36.2 Å². The first-order chi connectivity index (χ1) is 13.1. The number of carbonyl (C=O) groups excluding carboxylic acids is 4. The lowest BCUT2D eigenvalue weighted by molar-refractivity contribution is -0.134. The molecule has 1 saturated carbocycles. The van der Waals surface area contributed by atoms with Gasteiger partial charge >= 0.3 is 6.03 Å². The number of nitrogens with zero attached hydrogens (tertiary/aromatic N) is 2. The third-order valence-electron chi connectivity index (χ3n) is 6.05. The zero-order chi connectivity index (χ0) is 20.3. The lowest BCUT2D eigenvalue weighted by atomic mass is 9.64. The van der Waals surface area contributed by atoms with E-state index in [2.05, 4.69) is 26.1 Å². The highest BCUT2D eigenvalue weighted by molar-refractivity contribution is 6.21. The maximum absolute atomic E-state index is 13.2. The topological polar surface area (TPSA) is 86.8 Å². The summed E-state index contributed by atoms with van der Waals surface area (Å²) in [6.07, 6.45) is 2.22. The summed E-state index contributed by atoms with van der Waals surface area (Å²) in [7, 11) is 0. The molecule has 7 heteroatoms. The number of rotatable bonds is 3. The van der Waals surface area contributed by atoms with E-state index in [4.69, 9.17) is 0 Å². The molecule has 1 aromatic rings. The minimum atomic E-state index is -0.875. The van der Waals surface area contributed by atoms with Gasteiger partial charge in [0.25, 0.3) is 17.7 Å². The third kappa shape index (κ3) is 2.80. The van der Waals surface area contributed by atoms with Crippen LogP contribution in [0.5, 0.6) is 0 Å². The van der Waals surface area contributed by atoms with Gasteiger partial charge in [-0.25, -0.2) is 4.79 Å². The summed E-state index contributed by atoms with van der Waals surface area (Å²) in [5.74, 6) is -0.678. The van der Waals surface area contributed by atoms with Crippen LogP contribution in [-0.4, -0.2) is 52.2 Å². The number of nitrogens with one attached hydrogen (secondary N) is 1. The molecule has 2 aliphatic heterocycles. The van der Waals surface area contributed by atoms with Crippen molar-refractivity contribution in [1.29, 1.82) is 0 Å². The van der Waals surface area contributed by atoms with E-state index < -0.39 is 11.6 Å². The van der Waals surface area contributed by atoms with Crippen LogP contribution in [0.4, 0.5) is 4.79 Å². The molecule has 2 atom stereocenters. The number of carbonyl (C=O) groups is 4. The summed E-state index contributed by atoms with van der Waals surface area (Å²) in [5.41, 5.74) is -0.188. The van der Waals surface area contributed by atoms with Crippen LogP contribution in [0.25, 0.3) is 0 Å². The molecule has 2 fully saturated rings. The predicted octanol–water partition coefficient (Wildman–Crippen LogP) is 2.42. The van der Waals surface area contributed by atoms with Gasteiger partial charge in [-0.15, -0.1) is 0 Å². The molecule has 4 rings (SSSR count). The standard InChI is InChI=1S/C21H25N3O4/c1-13-10-20(2,3)12-21(11-13)18(27)24(19(28)22-21)9-8-23-16(25)14-6-4-5-7-15(14)17(23)26/h4-7,13H,8-12H2,1-3H3,(H,22,28)/t13-,21-/m1/s1. The van der Waals surface area contributed by atoms with Crippen LogP contribution in [0, 0.1) is 11.3 Å². The molecule has 1 aliphatic carbocycles. The Balaban J connectivity index is 1.49. The van der Waals surface area contributed by atoms with Crippen molar-refractivity contribution < 1.29 is 19.2 Å². The van der Waals surface area contributed by atoms with E-state index in [9.17, 15) is 19.2 Å². The van der Waals surface area contributed by atoms with Crippen molar-refractivity contribution in [2.45, 2.75) is 45.6 Å². The maximum Gasteiger partial charge on any atom is 0.325 e. The number of imide groups is 2. The van der Waals surface area contributed by atoms with Crippen LogP contribution < -0.4 is 5.32 Å². The van der Waals surface area contributed by atoms with E-state index >= 15 is 0 Å². The number of hydrogen-bond donors (Lipinski definition) is 1. The van der Waals surface area contributed by atoms with Crippen molar-refractivity contribution in [1.82, 2.24) is 15.1 Å². The Labute approximate surface area is 164 Å². The molecule has 1 saturated heterocycles. The molecule has 1 spiro atoms. The number of hydrogen-bond acceptors (Lipinski definition) is 4. The molecular formula is C21H25N3O4. The van der Waals surface area contributed by atoms with E-state index in [1.54, 1.807) is 24.3 Å². The highest BCUT2D eigenvalue weighted by Crippen LogP contribution is 2.46. The molecule has 2 heterocycles. The van der Waals surface area contributed by atoms with Gasteiger partial charge in [-0.2, -0.15) is 0 Å². The smallest absolute Gasteiger partial charge is 0.323 e. The van der Waals surface area contributed by atoms with Crippen LogP contribution in [-0.2, 0) is 4.79 Å². The van der Waals surface area contributed by atoms with Crippen LogP contribution in [0.1, 0.15) is 60.7 Å². The fourth-order valence-electron chi connectivity index (χ4n) is 5.35. The molecule has 0 bridgehead atoms. The van der Waals surface area contributed by atoms with Crippen LogP contribution in [0.15, 0.2) is 24.3 Å². The average molecular weight is 383 g/mol. The fraction of sp³-hybridized carbons (Fsp3) is 0.524. The molecule has 148 valence electrons. The minimum Gasteiger partial charge on any atom is -0.323 e. The first-order valence-corrected chi connectivity index (χ1v) is 9.73. The maximum atomic E-state index is 13.2. The van der Waals surface area contributed by atoms with Gasteiger partial charge in [0.15, 0.2) is 0 Å². The number of urea groups is 1. The van der Waals surface area contributed by atoms with Gasteiger partial charge in [0, 0.05) is 13.1 Å². The fourth-order valence-corrected chi connectivity index (χ4v) is 5.35. The molecule has 3 aliphatic rings. The summed E-state index contributed by atoms with van der Waals surface area (Å²) in [6, 6.07) is 6.21. The van der Waals surface area contributed by atoms with E-state index in [1.165, 1.54) is 0 Å². The lowest BCUT2D eigenvalue weighted by Gasteiger charge is -2.43. The number of fused-ring (bicyclic) bond motifs is 1. The predicted molar refractivity (Wildman–Crippen MR) is 102 cm³/mol. The second-order valence-electron chi connectivity index (χ2n) is 9.13. The Bertz CT molecular complexity index is 858. The van der Waals surface area contributed by atoms with Gasteiger partial charge in [0.05, 0.1) is 11.1 Å². The Kier molecular flexibility index (Phi) is 4.10. The van der Waals surface area contributed by atoms with Gasteiger partial charge in [-0.3, -0.25) is 24.2 Å². The largest absolute Gasteiger partial charge is 0.325 e. The summed E-state index contributed by atoms with van der Waals surface area (Å²) < 4.78 is 0. The molecule has 0 aromatic heterocycles. The number of benzene rings is 1. The van der Waals surface area contributed by atoms with E-state index in [0.717, 1.165) is 16.2 Å². The summed E-state index contributed by atoms with van der Waals surface area (Å²) in [6.45, 7) is 6.34. The van der Waals surface area contributed by atoms with Gasteiger partial charge in [0.1, 0.15) is 5.54 Å². The highest BCUT2D eigenvalue weighted by atomic mass is 16.2. The molecular weight excluding hydrogens is 358 g/mol. The van der Waals surface area contributed by atoms with Crippen LogP contribution in [0.3, 0.4) is 0 Å². The van der Waals surface area contributed by atoms with E-state index in [0.29, 0.717) is 29.9 Å². The minimum absolute atomic E-state index is 0.000529. The van der Waals surface area contributed by atoms with Crippen molar-refractivity contribution in [3.8, 4) is 0 Å². The van der Waals surface area contributed by atoms with Gasteiger partial charge in [-0.05, 0) is 42.7 Å². The molecule has 1 N–H and O–H groups in total. The highest BCUT2D eigenvalue weighted by Gasteiger charge is 2.56. The molecule has 5 amide bonds. The summed E-state index contributed by atoms with van der Waals surface area (Å²) >= 11 is 0.